The van der Waals surface area contributed by atoms with E-state index in [1.54, 1.807) is 24.3 Å². The lowest BCUT2D eigenvalue weighted by atomic mass is 9.87. The molecular weight excluding hydrogens is 538 g/mol. The molecule has 1 amide bonds. The van der Waals surface area contributed by atoms with Crippen LogP contribution in [0.25, 0.3) is 0 Å². The van der Waals surface area contributed by atoms with Crippen molar-refractivity contribution in [1.82, 2.24) is 9.80 Å². The van der Waals surface area contributed by atoms with E-state index in [1.165, 1.54) is 30.5 Å². The first kappa shape index (κ1) is 29.6. The normalized spacial score (nSPS) is 17.1. The monoisotopic (exact) mass is 576 g/mol. The van der Waals surface area contributed by atoms with Crippen LogP contribution in [0.2, 0.25) is 0 Å². The van der Waals surface area contributed by atoms with Crippen molar-refractivity contribution in [2.75, 3.05) is 39.3 Å². The number of carbonyl (C=O) groups excluding carboxylic acids is 1. The third-order valence-electron chi connectivity index (χ3n) is 7.86. The van der Waals surface area contributed by atoms with E-state index in [0.29, 0.717) is 38.5 Å². The van der Waals surface area contributed by atoms with Crippen molar-refractivity contribution in [3.63, 3.8) is 0 Å². The van der Waals surface area contributed by atoms with E-state index in [-0.39, 0.29) is 29.7 Å². The van der Waals surface area contributed by atoms with Crippen LogP contribution in [0.3, 0.4) is 0 Å². The molecule has 0 radical (unpaired) electrons. The summed E-state index contributed by atoms with van der Waals surface area (Å²) in [5.74, 6) is 0.0522. The fourth-order valence-electron chi connectivity index (χ4n) is 5.48. The minimum atomic E-state index is -0.367. The Kier molecular flexibility index (Phi) is 10.4. The number of ether oxygens (including phenoxy) is 3. The Bertz CT molecular complexity index is 1250. The van der Waals surface area contributed by atoms with Crippen LogP contribution in [0.4, 0.5) is 8.78 Å². The Balaban J connectivity index is 0.975. The molecule has 1 saturated heterocycles. The minimum Gasteiger partial charge on any atom is -0.462 e. The fraction of sp³-hybridized carbons (Fsp3) is 0.382. The molecular formula is C34H38F2N2O4. The zero-order valence-electron chi connectivity index (χ0n) is 23.8. The van der Waals surface area contributed by atoms with Gasteiger partial charge in [-0.1, -0.05) is 61.0 Å². The molecule has 2 heterocycles. The summed E-state index contributed by atoms with van der Waals surface area (Å²) in [6.07, 6.45) is 4.74. The lowest BCUT2D eigenvalue weighted by Crippen LogP contribution is -2.49. The van der Waals surface area contributed by atoms with Gasteiger partial charge in [-0.15, -0.1) is 0 Å². The maximum Gasteiger partial charge on any atom is 0.318 e. The molecule has 0 aliphatic carbocycles. The molecule has 0 aromatic heterocycles. The molecule has 2 aliphatic heterocycles. The number of unbranched alkanes of at least 4 members (excludes halogenated alkanes) is 1. The number of benzene rings is 3. The number of piperazine rings is 1. The van der Waals surface area contributed by atoms with Gasteiger partial charge in [-0.3, -0.25) is 9.69 Å². The van der Waals surface area contributed by atoms with Crippen molar-refractivity contribution in [3.8, 4) is 0 Å². The van der Waals surface area contributed by atoms with E-state index in [0.717, 1.165) is 55.6 Å². The van der Waals surface area contributed by atoms with Gasteiger partial charge >= 0.3 is 5.95 Å². The SMILES string of the molecule is O=C(CCCCC(c1ccc(F)cc1)c1ccc(F)cc1)N1CCN(CCOC2=COC(Cc3ccccc3)O2)CC1. The standard InChI is InChI=1S/C34H38F2N2O4/c35-29-14-10-27(11-15-29)31(28-12-16-30(36)17-13-28)8-4-5-9-32(39)38-20-18-37(19-21-38)22-23-40-34-25-41-33(42-34)24-26-6-2-1-3-7-26/h1-3,6-7,10-17,25,31,33H,4-5,8-9,18-24H2. The van der Waals surface area contributed by atoms with Crippen molar-refractivity contribution in [2.45, 2.75) is 44.3 Å². The molecule has 5 rings (SSSR count). The summed E-state index contributed by atoms with van der Waals surface area (Å²) in [5.41, 5.74) is 3.12. The third-order valence-corrected chi connectivity index (χ3v) is 7.86. The number of hydrogen-bond donors (Lipinski definition) is 0. The van der Waals surface area contributed by atoms with Crippen molar-refractivity contribution in [3.05, 3.63) is 119 Å². The summed E-state index contributed by atoms with van der Waals surface area (Å²) in [6, 6.07) is 23.0. The van der Waals surface area contributed by atoms with Crippen LogP contribution in [0, 0.1) is 11.6 Å². The van der Waals surface area contributed by atoms with Gasteiger partial charge in [0.15, 0.2) is 6.26 Å². The molecule has 8 heteroatoms. The van der Waals surface area contributed by atoms with Crippen molar-refractivity contribution in [1.29, 1.82) is 0 Å². The molecule has 0 saturated carbocycles. The summed E-state index contributed by atoms with van der Waals surface area (Å²) in [5, 5.41) is 0. The second kappa shape index (κ2) is 14.8. The highest BCUT2D eigenvalue weighted by Crippen LogP contribution is 2.30. The molecule has 6 nitrogen and oxygen atoms in total. The van der Waals surface area contributed by atoms with Gasteiger partial charge < -0.3 is 19.1 Å². The quantitative estimate of drug-likeness (QED) is 0.226. The molecule has 42 heavy (non-hydrogen) atoms. The Morgan fingerprint density at radius 3 is 2.14 bits per heavy atom. The molecule has 1 unspecified atom stereocenters. The number of halogens is 2. The van der Waals surface area contributed by atoms with Crippen LogP contribution >= 0.6 is 0 Å². The highest BCUT2D eigenvalue weighted by atomic mass is 19.1. The number of amides is 1. The summed E-state index contributed by atoms with van der Waals surface area (Å²) in [6.45, 7) is 4.26. The van der Waals surface area contributed by atoms with Gasteiger partial charge in [0, 0.05) is 51.5 Å². The van der Waals surface area contributed by atoms with Gasteiger partial charge in [0.25, 0.3) is 0 Å². The van der Waals surface area contributed by atoms with Gasteiger partial charge in [0.05, 0.1) is 0 Å². The van der Waals surface area contributed by atoms with Crippen LogP contribution in [0.15, 0.2) is 91.1 Å². The molecule has 3 aromatic rings. The van der Waals surface area contributed by atoms with Gasteiger partial charge in [0.2, 0.25) is 12.2 Å². The van der Waals surface area contributed by atoms with Crippen LogP contribution in [0.1, 0.15) is 48.3 Å². The second-order valence-electron chi connectivity index (χ2n) is 10.8. The highest BCUT2D eigenvalue weighted by molar-refractivity contribution is 5.76. The number of rotatable bonds is 13. The lowest BCUT2D eigenvalue weighted by molar-refractivity contribution is -0.133. The first-order valence-corrected chi connectivity index (χ1v) is 14.7. The van der Waals surface area contributed by atoms with E-state index in [9.17, 15) is 13.6 Å². The lowest BCUT2D eigenvalue weighted by Gasteiger charge is -2.34. The van der Waals surface area contributed by atoms with E-state index >= 15 is 0 Å². The van der Waals surface area contributed by atoms with Gasteiger partial charge in [-0.25, -0.2) is 8.78 Å². The molecule has 3 aromatic carbocycles. The molecule has 2 aliphatic rings. The van der Waals surface area contributed by atoms with Crippen LogP contribution < -0.4 is 0 Å². The third kappa shape index (κ3) is 8.55. The fourth-order valence-corrected chi connectivity index (χ4v) is 5.48. The number of carbonyl (C=O) groups is 1. The van der Waals surface area contributed by atoms with E-state index < -0.39 is 0 Å². The zero-order chi connectivity index (χ0) is 29.1. The maximum atomic E-state index is 13.5. The highest BCUT2D eigenvalue weighted by Gasteiger charge is 2.23. The van der Waals surface area contributed by atoms with Crippen LogP contribution in [-0.2, 0) is 25.4 Å². The molecule has 1 atom stereocenters. The Hall–Kier alpha value is -3.91. The van der Waals surface area contributed by atoms with Crippen LogP contribution in [-0.4, -0.2) is 61.3 Å². The molecule has 1 fully saturated rings. The van der Waals surface area contributed by atoms with Crippen molar-refractivity contribution < 1.29 is 27.8 Å². The van der Waals surface area contributed by atoms with E-state index in [2.05, 4.69) is 4.90 Å². The largest absolute Gasteiger partial charge is 0.462 e. The first-order valence-electron chi connectivity index (χ1n) is 14.7. The molecule has 0 spiro atoms. The smallest absolute Gasteiger partial charge is 0.318 e. The topological polar surface area (TPSA) is 51.2 Å². The second-order valence-corrected chi connectivity index (χ2v) is 10.8. The summed E-state index contributed by atoms with van der Waals surface area (Å²) < 4.78 is 44.0. The van der Waals surface area contributed by atoms with Crippen molar-refractivity contribution >= 4 is 5.91 Å². The zero-order valence-corrected chi connectivity index (χ0v) is 23.8. The number of nitrogens with zero attached hydrogens (tertiary/aromatic N) is 2. The Morgan fingerprint density at radius 2 is 1.50 bits per heavy atom. The predicted octanol–water partition coefficient (Wildman–Crippen LogP) is 6.23. The average molecular weight is 577 g/mol. The maximum absolute atomic E-state index is 13.5. The Labute approximate surface area is 246 Å². The Morgan fingerprint density at radius 1 is 0.857 bits per heavy atom. The van der Waals surface area contributed by atoms with Crippen LogP contribution in [0.5, 0.6) is 0 Å². The van der Waals surface area contributed by atoms with Gasteiger partial charge in [-0.05, 0) is 53.8 Å². The van der Waals surface area contributed by atoms with Crippen molar-refractivity contribution in [2.24, 2.45) is 0 Å². The average Bonchev–Trinajstić information content (AvgIpc) is 3.46. The van der Waals surface area contributed by atoms with Gasteiger partial charge in [-0.2, -0.15) is 0 Å². The van der Waals surface area contributed by atoms with E-state index in [4.69, 9.17) is 14.2 Å². The summed E-state index contributed by atoms with van der Waals surface area (Å²) in [4.78, 5) is 17.1. The minimum absolute atomic E-state index is 0.0266. The summed E-state index contributed by atoms with van der Waals surface area (Å²) >= 11 is 0. The van der Waals surface area contributed by atoms with E-state index in [1.807, 2.05) is 35.2 Å². The molecule has 222 valence electrons. The van der Waals surface area contributed by atoms with Gasteiger partial charge in [0.1, 0.15) is 18.2 Å². The first-order chi connectivity index (χ1) is 20.5. The number of hydrogen-bond acceptors (Lipinski definition) is 5. The summed E-state index contributed by atoms with van der Waals surface area (Å²) in [7, 11) is 0. The molecule has 0 N–H and O–H groups in total. The molecule has 0 bridgehead atoms. The predicted molar refractivity (Wildman–Crippen MR) is 156 cm³/mol.